The second-order valence-corrected chi connectivity index (χ2v) is 10.6. The number of benzene rings is 1. The Balaban J connectivity index is 1.61. The summed E-state index contributed by atoms with van der Waals surface area (Å²) < 4.78 is 38.3. The van der Waals surface area contributed by atoms with E-state index in [1.165, 1.54) is 15.6 Å². The molecule has 1 aliphatic heterocycles. The smallest absolute Gasteiger partial charge is 0.252 e. The fourth-order valence-electron chi connectivity index (χ4n) is 3.42. The molecule has 1 atom stereocenters. The molecule has 1 N–H and O–H groups in total. The summed E-state index contributed by atoms with van der Waals surface area (Å²) in [5.74, 6) is 0.770. The zero-order valence-electron chi connectivity index (χ0n) is 17.5. The van der Waals surface area contributed by atoms with Crippen molar-refractivity contribution in [3.8, 4) is 11.5 Å². The number of hydrogen-bond acceptors (Lipinski definition) is 6. The van der Waals surface area contributed by atoms with E-state index >= 15 is 0 Å². The molecular weight excluding hydrogens is 424 g/mol. The number of methoxy groups -OCH3 is 1. The predicted octanol–water partition coefficient (Wildman–Crippen LogP) is 3.26. The van der Waals surface area contributed by atoms with Crippen molar-refractivity contribution in [3.63, 3.8) is 0 Å². The van der Waals surface area contributed by atoms with Crippen molar-refractivity contribution in [2.24, 2.45) is 5.92 Å². The third-order valence-corrected chi connectivity index (χ3v) is 8.14. The van der Waals surface area contributed by atoms with Gasteiger partial charge in [-0.2, -0.15) is 4.31 Å². The number of nitrogens with zero attached hydrogens (tertiary/aromatic N) is 1. The van der Waals surface area contributed by atoms with Crippen molar-refractivity contribution in [1.29, 1.82) is 0 Å². The van der Waals surface area contributed by atoms with Gasteiger partial charge >= 0.3 is 0 Å². The second kappa shape index (κ2) is 9.80. The van der Waals surface area contributed by atoms with Crippen LogP contribution in [0.25, 0.3) is 0 Å². The van der Waals surface area contributed by atoms with Gasteiger partial charge in [-0.1, -0.05) is 12.1 Å². The molecule has 7 nitrogen and oxygen atoms in total. The number of ether oxygens (including phenoxy) is 2. The summed E-state index contributed by atoms with van der Waals surface area (Å²) in [7, 11) is -1.96. The minimum atomic E-state index is -3.53. The van der Waals surface area contributed by atoms with E-state index in [-0.39, 0.29) is 24.5 Å². The lowest BCUT2D eigenvalue weighted by Crippen LogP contribution is -2.45. The van der Waals surface area contributed by atoms with E-state index in [1.54, 1.807) is 24.6 Å². The molecule has 9 heteroatoms. The Labute approximate surface area is 182 Å². The van der Waals surface area contributed by atoms with Crippen LogP contribution in [0, 0.1) is 5.92 Å². The average Bonchev–Trinajstić information content (AvgIpc) is 3.28. The van der Waals surface area contributed by atoms with Gasteiger partial charge in [0, 0.05) is 19.6 Å². The molecule has 0 aliphatic carbocycles. The number of hydrogen-bond donors (Lipinski definition) is 1. The van der Waals surface area contributed by atoms with Crippen LogP contribution in [-0.4, -0.2) is 44.9 Å². The zero-order valence-corrected chi connectivity index (χ0v) is 19.1. The number of carbonyl (C=O) groups is 1. The first-order chi connectivity index (χ1) is 14.3. The summed E-state index contributed by atoms with van der Waals surface area (Å²) in [6.45, 7) is 4.87. The van der Waals surface area contributed by atoms with E-state index in [1.807, 2.05) is 32.0 Å². The van der Waals surface area contributed by atoms with E-state index in [0.717, 1.165) is 5.56 Å². The van der Waals surface area contributed by atoms with Crippen LogP contribution in [0.15, 0.2) is 39.9 Å². The predicted molar refractivity (Wildman–Crippen MR) is 116 cm³/mol. The van der Waals surface area contributed by atoms with Gasteiger partial charge in [-0.15, -0.1) is 11.3 Å². The minimum Gasteiger partial charge on any atom is -0.493 e. The molecule has 1 saturated heterocycles. The SMILES string of the molecule is COc1cc(CNC(=O)C2CCCN(S(=O)(=O)c3cccs3)C2)ccc1OC(C)C. The van der Waals surface area contributed by atoms with Crippen molar-refractivity contribution >= 4 is 27.3 Å². The van der Waals surface area contributed by atoms with Crippen molar-refractivity contribution in [2.45, 2.75) is 43.5 Å². The highest BCUT2D eigenvalue weighted by Gasteiger charge is 2.33. The highest BCUT2D eigenvalue weighted by Crippen LogP contribution is 2.29. The van der Waals surface area contributed by atoms with Crippen LogP contribution in [0.5, 0.6) is 11.5 Å². The number of sulfonamides is 1. The number of carbonyl (C=O) groups excluding carboxylic acids is 1. The third-order valence-electron chi connectivity index (χ3n) is 4.90. The fourth-order valence-corrected chi connectivity index (χ4v) is 6.09. The molecule has 1 fully saturated rings. The molecule has 3 rings (SSSR count). The van der Waals surface area contributed by atoms with Gasteiger partial charge in [-0.25, -0.2) is 8.42 Å². The van der Waals surface area contributed by atoms with Gasteiger partial charge in [-0.3, -0.25) is 4.79 Å². The number of rotatable bonds is 8. The molecule has 164 valence electrons. The van der Waals surface area contributed by atoms with Crippen molar-refractivity contribution in [2.75, 3.05) is 20.2 Å². The van der Waals surface area contributed by atoms with Gasteiger partial charge in [0.2, 0.25) is 5.91 Å². The van der Waals surface area contributed by atoms with Crippen molar-refractivity contribution < 1.29 is 22.7 Å². The van der Waals surface area contributed by atoms with E-state index in [9.17, 15) is 13.2 Å². The minimum absolute atomic E-state index is 0.0316. The first kappa shape index (κ1) is 22.6. The maximum Gasteiger partial charge on any atom is 0.252 e. The van der Waals surface area contributed by atoms with Crippen LogP contribution >= 0.6 is 11.3 Å². The summed E-state index contributed by atoms with van der Waals surface area (Å²) in [6, 6.07) is 8.87. The molecule has 1 aliphatic rings. The zero-order chi connectivity index (χ0) is 21.7. The van der Waals surface area contributed by atoms with E-state index in [4.69, 9.17) is 9.47 Å². The van der Waals surface area contributed by atoms with Crippen molar-refractivity contribution in [3.05, 3.63) is 41.3 Å². The summed E-state index contributed by atoms with van der Waals surface area (Å²) in [6.07, 6.45) is 1.37. The quantitative estimate of drug-likeness (QED) is 0.665. The van der Waals surface area contributed by atoms with E-state index in [2.05, 4.69) is 5.32 Å². The molecule has 1 unspecified atom stereocenters. The molecule has 2 aromatic rings. The lowest BCUT2D eigenvalue weighted by Gasteiger charge is -2.30. The van der Waals surface area contributed by atoms with Gasteiger partial charge < -0.3 is 14.8 Å². The molecule has 0 bridgehead atoms. The molecule has 0 radical (unpaired) electrons. The summed E-state index contributed by atoms with van der Waals surface area (Å²) in [4.78, 5) is 12.7. The molecule has 0 spiro atoms. The van der Waals surface area contributed by atoms with Gasteiger partial charge in [0.25, 0.3) is 10.0 Å². The Bertz CT molecular complexity index is 958. The monoisotopic (exact) mass is 452 g/mol. The summed E-state index contributed by atoms with van der Waals surface area (Å²) in [5.41, 5.74) is 0.884. The first-order valence-corrected chi connectivity index (χ1v) is 12.3. The normalized spacial score (nSPS) is 17.7. The number of piperidine rings is 1. The molecule has 0 saturated carbocycles. The second-order valence-electron chi connectivity index (χ2n) is 7.50. The van der Waals surface area contributed by atoms with Crippen LogP contribution in [0.4, 0.5) is 0 Å². The highest BCUT2D eigenvalue weighted by molar-refractivity contribution is 7.91. The average molecular weight is 453 g/mol. The summed E-state index contributed by atoms with van der Waals surface area (Å²) in [5, 5.41) is 4.68. The lowest BCUT2D eigenvalue weighted by atomic mass is 9.98. The van der Waals surface area contributed by atoms with Crippen LogP contribution in [-0.2, 0) is 21.4 Å². The third kappa shape index (κ3) is 5.33. The Morgan fingerprint density at radius 3 is 2.77 bits per heavy atom. The van der Waals surface area contributed by atoms with Gasteiger partial charge in [0.15, 0.2) is 11.5 Å². The first-order valence-electron chi connectivity index (χ1n) is 9.96. The van der Waals surface area contributed by atoms with Crippen molar-refractivity contribution in [1.82, 2.24) is 9.62 Å². The fraction of sp³-hybridized carbons (Fsp3) is 0.476. The van der Waals surface area contributed by atoms with E-state index < -0.39 is 10.0 Å². The Morgan fingerprint density at radius 1 is 1.30 bits per heavy atom. The van der Waals surface area contributed by atoms with Crippen LogP contribution < -0.4 is 14.8 Å². The molecular formula is C21H28N2O5S2. The molecule has 1 aromatic heterocycles. The largest absolute Gasteiger partial charge is 0.493 e. The Hall–Kier alpha value is -2.10. The highest BCUT2D eigenvalue weighted by atomic mass is 32.2. The van der Waals surface area contributed by atoms with Crippen LogP contribution in [0.1, 0.15) is 32.3 Å². The molecule has 30 heavy (non-hydrogen) atoms. The number of nitrogens with one attached hydrogen (secondary N) is 1. The Kier molecular flexibility index (Phi) is 7.38. The van der Waals surface area contributed by atoms with Crippen LogP contribution in [0.2, 0.25) is 0 Å². The lowest BCUT2D eigenvalue weighted by molar-refractivity contribution is -0.126. The van der Waals surface area contributed by atoms with Crippen LogP contribution in [0.3, 0.4) is 0 Å². The number of thiophene rings is 1. The Morgan fingerprint density at radius 2 is 2.10 bits per heavy atom. The maximum atomic E-state index is 12.8. The van der Waals surface area contributed by atoms with Gasteiger partial charge in [0.05, 0.1) is 19.1 Å². The summed E-state index contributed by atoms with van der Waals surface area (Å²) >= 11 is 1.20. The molecule has 1 amide bonds. The van der Waals surface area contributed by atoms with Gasteiger partial charge in [0.1, 0.15) is 4.21 Å². The van der Waals surface area contributed by atoms with E-state index in [0.29, 0.717) is 41.6 Å². The topological polar surface area (TPSA) is 84.9 Å². The standard InChI is InChI=1S/C21H28N2O5S2/c1-15(2)28-18-9-8-16(12-19(18)27-3)13-22-21(24)17-6-4-10-23(14-17)30(25,26)20-7-5-11-29-20/h5,7-9,11-12,15,17H,4,6,10,13-14H2,1-3H3,(H,22,24). The number of amides is 1. The maximum absolute atomic E-state index is 12.8. The van der Waals surface area contributed by atoms with Gasteiger partial charge in [-0.05, 0) is 55.8 Å². The molecule has 1 aromatic carbocycles. The molecule has 2 heterocycles.